The van der Waals surface area contributed by atoms with Crippen LogP contribution in [-0.4, -0.2) is 12.1 Å². The Bertz CT molecular complexity index is 353. The molecule has 2 aliphatic rings. The second-order valence-corrected chi connectivity index (χ2v) is 6.99. The zero-order valence-corrected chi connectivity index (χ0v) is 12.4. The quantitative estimate of drug-likeness (QED) is 0.718. The number of hydrogen-bond donors (Lipinski definition) is 0. The molecule has 2 saturated carbocycles. The Morgan fingerprint density at radius 2 is 1.83 bits per heavy atom. The van der Waals surface area contributed by atoms with Crippen molar-refractivity contribution >= 4 is 29.2 Å². The molecule has 2 aliphatic carbocycles. The predicted octanol–water partition coefficient (Wildman–Crippen LogP) is 4.45. The Morgan fingerprint density at radius 1 is 1.22 bits per heavy atom. The van der Waals surface area contributed by atoms with E-state index < -0.39 is 0 Å². The van der Waals surface area contributed by atoms with Crippen LogP contribution in [0.4, 0.5) is 0 Å². The molecule has 0 aliphatic heterocycles. The van der Waals surface area contributed by atoms with Gasteiger partial charge in [0.2, 0.25) is 0 Å². The second-order valence-electron chi connectivity index (χ2n) is 5.98. The molecule has 102 valence electrons. The standard InChI is InChI=1S/C14H20Cl2O2/c1-14(2)10(8-11(15)16)12(14)13(17)18-9-6-4-3-5-7-9/h8-10,12H,3-7H2,1-2H3/t10-,12+/m0/s1. The lowest BCUT2D eigenvalue weighted by molar-refractivity contribution is -0.153. The van der Waals surface area contributed by atoms with E-state index in [1.54, 1.807) is 6.08 Å². The topological polar surface area (TPSA) is 26.3 Å². The maximum Gasteiger partial charge on any atom is 0.310 e. The maximum absolute atomic E-state index is 12.1. The highest BCUT2D eigenvalue weighted by Gasteiger charge is 2.61. The van der Waals surface area contributed by atoms with Crippen molar-refractivity contribution in [2.75, 3.05) is 0 Å². The van der Waals surface area contributed by atoms with Crippen molar-refractivity contribution in [3.8, 4) is 0 Å². The monoisotopic (exact) mass is 290 g/mol. The van der Waals surface area contributed by atoms with Crippen molar-refractivity contribution in [2.24, 2.45) is 17.3 Å². The third kappa shape index (κ3) is 3.03. The van der Waals surface area contributed by atoms with Crippen molar-refractivity contribution in [1.29, 1.82) is 0 Å². The van der Waals surface area contributed by atoms with Gasteiger partial charge in [0.05, 0.1) is 5.92 Å². The summed E-state index contributed by atoms with van der Waals surface area (Å²) in [6, 6.07) is 0. The summed E-state index contributed by atoms with van der Waals surface area (Å²) in [5.41, 5.74) is -0.0826. The van der Waals surface area contributed by atoms with Crippen molar-refractivity contribution in [3.63, 3.8) is 0 Å². The number of hydrogen-bond acceptors (Lipinski definition) is 2. The SMILES string of the molecule is CC1(C)[C@@H](C=C(Cl)Cl)[C@@H]1C(=O)OC1CCCCC1. The lowest BCUT2D eigenvalue weighted by Crippen LogP contribution is -2.23. The molecular weight excluding hydrogens is 271 g/mol. The van der Waals surface area contributed by atoms with Gasteiger partial charge in [-0.15, -0.1) is 0 Å². The zero-order valence-electron chi connectivity index (χ0n) is 10.9. The normalized spacial score (nSPS) is 30.7. The lowest BCUT2D eigenvalue weighted by atomic mass is 9.98. The Labute approximate surface area is 119 Å². The number of esters is 1. The van der Waals surface area contributed by atoms with E-state index in [4.69, 9.17) is 27.9 Å². The third-order valence-electron chi connectivity index (χ3n) is 4.31. The number of carbonyl (C=O) groups is 1. The van der Waals surface area contributed by atoms with Crippen LogP contribution in [0.2, 0.25) is 0 Å². The van der Waals surface area contributed by atoms with E-state index in [1.165, 1.54) is 19.3 Å². The molecule has 0 unspecified atom stereocenters. The molecule has 2 atom stereocenters. The van der Waals surface area contributed by atoms with Crippen molar-refractivity contribution < 1.29 is 9.53 Å². The van der Waals surface area contributed by atoms with Crippen LogP contribution in [0.1, 0.15) is 46.0 Å². The summed E-state index contributed by atoms with van der Waals surface area (Å²) < 4.78 is 5.85. The number of carbonyl (C=O) groups excluding carboxylic acids is 1. The Morgan fingerprint density at radius 3 is 2.39 bits per heavy atom. The van der Waals surface area contributed by atoms with Gasteiger partial charge in [-0.1, -0.05) is 43.5 Å². The molecule has 0 N–H and O–H groups in total. The van der Waals surface area contributed by atoms with E-state index in [-0.39, 0.29) is 33.8 Å². The molecule has 18 heavy (non-hydrogen) atoms. The largest absolute Gasteiger partial charge is 0.462 e. The van der Waals surface area contributed by atoms with Crippen molar-refractivity contribution in [2.45, 2.75) is 52.1 Å². The van der Waals surface area contributed by atoms with Gasteiger partial charge in [0.25, 0.3) is 0 Å². The van der Waals surface area contributed by atoms with Crippen LogP contribution in [0.5, 0.6) is 0 Å². The molecule has 0 amide bonds. The molecule has 2 fully saturated rings. The van der Waals surface area contributed by atoms with Gasteiger partial charge in [0.1, 0.15) is 10.6 Å². The molecule has 0 spiro atoms. The van der Waals surface area contributed by atoms with Gasteiger partial charge in [-0.2, -0.15) is 0 Å². The first-order valence-electron chi connectivity index (χ1n) is 6.66. The summed E-state index contributed by atoms with van der Waals surface area (Å²) >= 11 is 11.4. The highest BCUT2D eigenvalue weighted by atomic mass is 35.5. The summed E-state index contributed by atoms with van der Waals surface area (Å²) in [7, 11) is 0. The van der Waals surface area contributed by atoms with Gasteiger partial charge in [-0.3, -0.25) is 4.79 Å². The highest BCUT2D eigenvalue weighted by molar-refractivity contribution is 6.55. The van der Waals surface area contributed by atoms with Gasteiger partial charge in [-0.25, -0.2) is 0 Å². The molecule has 0 aromatic heterocycles. The van der Waals surface area contributed by atoms with Crippen LogP contribution in [0, 0.1) is 17.3 Å². The van der Waals surface area contributed by atoms with E-state index >= 15 is 0 Å². The molecule has 0 heterocycles. The smallest absolute Gasteiger partial charge is 0.310 e. The number of rotatable bonds is 3. The molecule has 0 saturated heterocycles. The van der Waals surface area contributed by atoms with Crippen LogP contribution >= 0.6 is 23.2 Å². The van der Waals surface area contributed by atoms with Crippen molar-refractivity contribution in [1.82, 2.24) is 0 Å². The summed E-state index contributed by atoms with van der Waals surface area (Å²) in [5, 5.41) is 0. The minimum absolute atomic E-state index is 0.0808. The summed E-state index contributed by atoms with van der Waals surface area (Å²) in [5.74, 6) is -0.0618. The van der Waals surface area contributed by atoms with Crippen LogP contribution < -0.4 is 0 Å². The predicted molar refractivity (Wildman–Crippen MR) is 73.5 cm³/mol. The lowest BCUT2D eigenvalue weighted by Gasteiger charge is -2.22. The molecule has 0 radical (unpaired) electrons. The summed E-state index contributed by atoms with van der Waals surface area (Å²) in [6.45, 7) is 4.11. The van der Waals surface area contributed by atoms with Gasteiger partial charge in [0.15, 0.2) is 0 Å². The fourth-order valence-electron chi connectivity index (χ4n) is 3.00. The first-order chi connectivity index (χ1) is 8.43. The van der Waals surface area contributed by atoms with Crippen LogP contribution in [-0.2, 0) is 9.53 Å². The molecule has 0 bridgehead atoms. The Hall–Kier alpha value is -0.210. The highest BCUT2D eigenvalue weighted by Crippen LogP contribution is 2.60. The third-order valence-corrected chi connectivity index (χ3v) is 4.56. The first kappa shape index (κ1) is 14.2. The van der Waals surface area contributed by atoms with Crippen LogP contribution in [0.15, 0.2) is 10.6 Å². The summed E-state index contributed by atoms with van der Waals surface area (Å²) in [4.78, 5) is 12.1. The van der Waals surface area contributed by atoms with E-state index in [9.17, 15) is 4.79 Å². The average Bonchev–Trinajstić information content (AvgIpc) is 2.80. The van der Waals surface area contributed by atoms with E-state index in [2.05, 4.69) is 13.8 Å². The molecular formula is C14H20Cl2O2. The minimum atomic E-state index is -0.0908. The number of allylic oxidation sites excluding steroid dienone is 1. The molecule has 2 nitrogen and oxygen atoms in total. The maximum atomic E-state index is 12.1. The van der Waals surface area contributed by atoms with Gasteiger partial charge >= 0.3 is 5.97 Å². The molecule has 0 aromatic rings. The number of ether oxygens (including phenoxy) is 1. The molecule has 0 aromatic carbocycles. The van der Waals surface area contributed by atoms with Gasteiger partial charge in [0, 0.05) is 0 Å². The Kier molecular flexibility index (Phi) is 4.28. The second kappa shape index (κ2) is 5.42. The number of halogens is 2. The van der Waals surface area contributed by atoms with E-state index in [0.29, 0.717) is 0 Å². The van der Waals surface area contributed by atoms with Gasteiger partial charge < -0.3 is 4.74 Å². The fourth-order valence-corrected chi connectivity index (χ4v) is 3.27. The van der Waals surface area contributed by atoms with E-state index in [0.717, 1.165) is 12.8 Å². The zero-order chi connectivity index (χ0) is 13.3. The summed E-state index contributed by atoms with van der Waals surface area (Å²) in [6.07, 6.45) is 7.50. The fraction of sp³-hybridized carbons (Fsp3) is 0.786. The van der Waals surface area contributed by atoms with Crippen molar-refractivity contribution in [3.05, 3.63) is 10.6 Å². The minimum Gasteiger partial charge on any atom is -0.462 e. The molecule has 4 heteroatoms. The van der Waals surface area contributed by atoms with Crippen LogP contribution in [0.25, 0.3) is 0 Å². The van der Waals surface area contributed by atoms with E-state index in [1.807, 2.05) is 0 Å². The van der Waals surface area contributed by atoms with Gasteiger partial charge in [-0.05, 0) is 43.1 Å². The average molecular weight is 291 g/mol. The Balaban J connectivity index is 1.91. The molecule has 2 rings (SSSR count). The van der Waals surface area contributed by atoms with Crippen LogP contribution in [0.3, 0.4) is 0 Å². The first-order valence-corrected chi connectivity index (χ1v) is 7.42.